The van der Waals surface area contributed by atoms with E-state index in [2.05, 4.69) is 41.5 Å². The maximum absolute atomic E-state index is 13.2. The van der Waals surface area contributed by atoms with Gasteiger partial charge in [0.05, 0.1) is 19.4 Å². The van der Waals surface area contributed by atoms with Gasteiger partial charge in [-0.2, -0.15) is 0 Å². The third-order valence-corrected chi connectivity index (χ3v) is 8.67. The smallest absolute Gasteiger partial charge is 0.335 e. The van der Waals surface area contributed by atoms with Crippen LogP contribution in [0.3, 0.4) is 0 Å². The van der Waals surface area contributed by atoms with Crippen LogP contribution in [0.25, 0.3) is 0 Å². The molecule has 0 unspecified atom stereocenters. The van der Waals surface area contributed by atoms with Crippen LogP contribution in [0.4, 0.5) is 0 Å². The monoisotopic (exact) mass is 412 g/mol. The van der Waals surface area contributed by atoms with E-state index < -0.39 is 7.60 Å². The van der Waals surface area contributed by atoms with E-state index in [-0.39, 0.29) is 17.0 Å². The van der Waals surface area contributed by atoms with Gasteiger partial charge < -0.3 is 14.2 Å². The van der Waals surface area contributed by atoms with Gasteiger partial charge in [-0.25, -0.2) is 0 Å². The van der Waals surface area contributed by atoms with Crippen molar-refractivity contribution in [3.05, 3.63) is 28.8 Å². The molecule has 1 aromatic rings. The fourth-order valence-electron chi connectivity index (χ4n) is 3.71. The Balaban J connectivity index is 3.68. The van der Waals surface area contributed by atoms with Gasteiger partial charge in [-0.1, -0.05) is 53.7 Å². The summed E-state index contributed by atoms with van der Waals surface area (Å²) < 4.78 is 24.2. The summed E-state index contributed by atoms with van der Waals surface area (Å²) in [6.45, 7) is 17.3. The van der Waals surface area contributed by atoms with Crippen LogP contribution in [0.5, 0.6) is 5.75 Å². The topological polar surface area (TPSA) is 55.8 Å². The van der Waals surface area contributed by atoms with Crippen molar-refractivity contribution in [1.29, 1.82) is 0 Å². The standard InChI is InChI=1S/C23H41O4P/c1-9-22(7,10-2)19-15-18(17-28(25,26-13-5)27-14-6)16-20(21(19)24)23(8,11-3)12-4/h15-16,24H,9-14,17H2,1-8H3. The van der Waals surface area contributed by atoms with Crippen LogP contribution in [-0.2, 0) is 30.6 Å². The minimum atomic E-state index is -3.22. The molecular weight excluding hydrogens is 371 g/mol. The molecule has 1 N–H and O–H groups in total. The molecule has 0 atom stereocenters. The lowest BCUT2D eigenvalue weighted by Crippen LogP contribution is -2.25. The summed E-state index contributed by atoms with van der Waals surface area (Å²) in [7, 11) is -3.22. The summed E-state index contributed by atoms with van der Waals surface area (Å²) >= 11 is 0. The van der Waals surface area contributed by atoms with E-state index in [1.807, 2.05) is 26.0 Å². The molecule has 0 amide bonds. The van der Waals surface area contributed by atoms with Crippen LogP contribution in [0.1, 0.15) is 97.8 Å². The van der Waals surface area contributed by atoms with E-state index in [4.69, 9.17) is 9.05 Å². The molecule has 5 heteroatoms. The second-order valence-corrected chi connectivity index (χ2v) is 10.2. The van der Waals surface area contributed by atoms with Crippen LogP contribution >= 0.6 is 7.60 Å². The maximum atomic E-state index is 13.2. The number of hydrogen-bond acceptors (Lipinski definition) is 4. The van der Waals surface area contributed by atoms with Gasteiger partial charge in [0.1, 0.15) is 5.75 Å². The van der Waals surface area contributed by atoms with E-state index in [1.54, 1.807) is 0 Å². The Hall–Kier alpha value is -0.830. The summed E-state index contributed by atoms with van der Waals surface area (Å²) in [6, 6.07) is 4.03. The molecule has 1 rings (SSSR count). The van der Waals surface area contributed by atoms with Gasteiger partial charge in [-0.05, 0) is 55.9 Å². The number of benzene rings is 1. The molecule has 4 nitrogen and oxygen atoms in total. The van der Waals surface area contributed by atoms with Crippen LogP contribution in [-0.4, -0.2) is 18.3 Å². The van der Waals surface area contributed by atoms with Gasteiger partial charge in [0.15, 0.2) is 0 Å². The van der Waals surface area contributed by atoms with Gasteiger partial charge in [-0.15, -0.1) is 0 Å². The molecule has 0 aliphatic carbocycles. The zero-order valence-corrected chi connectivity index (χ0v) is 20.1. The molecule has 0 saturated heterocycles. The first kappa shape index (κ1) is 25.2. The number of phenols is 1. The number of aromatic hydroxyl groups is 1. The van der Waals surface area contributed by atoms with Crippen molar-refractivity contribution in [2.24, 2.45) is 0 Å². The normalized spacial score (nSPS) is 13.1. The average molecular weight is 413 g/mol. The van der Waals surface area contributed by atoms with Gasteiger partial charge in [0.25, 0.3) is 0 Å². The van der Waals surface area contributed by atoms with Gasteiger partial charge in [-0.3, -0.25) is 4.57 Å². The summed E-state index contributed by atoms with van der Waals surface area (Å²) in [5.74, 6) is 0.392. The molecule has 0 aliphatic rings. The maximum Gasteiger partial charge on any atom is 0.335 e. The predicted molar refractivity (Wildman–Crippen MR) is 119 cm³/mol. The second kappa shape index (κ2) is 10.3. The lowest BCUT2D eigenvalue weighted by molar-refractivity contribution is 0.219. The van der Waals surface area contributed by atoms with Crippen molar-refractivity contribution in [2.75, 3.05) is 13.2 Å². The second-order valence-electron chi connectivity index (χ2n) is 8.18. The quantitative estimate of drug-likeness (QED) is 0.366. The highest BCUT2D eigenvalue weighted by Gasteiger charge is 2.34. The SMILES string of the molecule is CCOP(=O)(Cc1cc(C(C)(CC)CC)c(O)c(C(C)(CC)CC)c1)OCC. The first-order valence-corrected chi connectivity index (χ1v) is 12.6. The van der Waals surface area contributed by atoms with E-state index in [0.717, 1.165) is 42.4 Å². The van der Waals surface area contributed by atoms with Crippen molar-refractivity contribution in [3.63, 3.8) is 0 Å². The Labute approximate surface area is 172 Å². The Bertz CT molecular complexity index is 626. The third-order valence-electron chi connectivity index (χ3n) is 6.62. The summed E-state index contributed by atoms with van der Waals surface area (Å²) in [5, 5.41) is 11.3. The molecule has 0 aromatic heterocycles. The van der Waals surface area contributed by atoms with E-state index in [9.17, 15) is 9.67 Å². The molecule has 0 heterocycles. The molecule has 0 fully saturated rings. The van der Waals surface area contributed by atoms with Crippen molar-refractivity contribution >= 4 is 7.60 Å². The zero-order chi connectivity index (χ0) is 21.6. The lowest BCUT2D eigenvalue weighted by Gasteiger charge is -2.34. The molecule has 0 saturated carbocycles. The molecule has 0 spiro atoms. The van der Waals surface area contributed by atoms with Crippen LogP contribution < -0.4 is 0 Å². The van der Waals surface area contributed by atoms with Gasteiger partial charge in [0.2, 0.25) is 0 Å². The number of phenolic OH excluding ortho intramolecular Hbond substituents is 1. The van der Waals surface area contributed by atoms with Crippen molar-refractivity contribution in [3.8, 4) is 5.75 Å². The third kappa shape index (κ3) is 5.40. The van der Waals surface area contributed by atoms with Crippen LogP contribution in [0.2, 0.25) is 0 Å². The molecule has 1 aromatic carbocycles. The molecule has 0 bridgehead atoms. The van der Waals surface area contributed by atoms with E-state index in [1.165, 1.54) is 0 Å². The first-order chi connectivity index (χ1) is 13.1. The fourth-order valence-corrected chi connectivity index (χ4v) is 5.39. The average Bonchev–Trinajstić information content (AvgIpc) is 2.68. The zero-order valence-electron chi connectivity index (χ0n) is 19.2. The molecule has 0 aliphatic heterocycles. The minimum absolute atomic E-state index is 0.140. The van der Waals surface area contributed by atoms with Gasteiger partial charge in [0, 0.05) is 11.1 Å². The Morgan fingerprint density at radius 3 is 1.46 bits per heavy atom. The van der Waals surface area contributed by atoms with Crippen molar-refractivity contribution in [2.45, 2.75) is 98.1 Å². The Morgan fingerprint density at radius 2 is 1.18 bits per heavy atom. The van der Waals surface area contributed by atoms with Crippen molar-refractivity contribution < 1.29 is 18.7 Å². The van der Waals surface area contributed by atoms with E-state index in [0.29, 0.717) is 19.0 Å². The number of rotatable bonds is 12. The van der Waals surface area contributed by atoms with Crippen molar-refractivity contribution in [1.82, 2.24) is 0 Å². The summed E-state index contributed by atoms with van der Waals surface area (Å²) in [5.41, 5.74) is 2.52. The molecule has 28 heavy (non-hydrogen) atoms. The molecule has 162 valence electrons. The van der Waals surface area contributed by atoms with Gasteiger partial charge >= 0.3 is 7.60 Å². The first-order valence-electron chi connectivity index (χ1n) is 10.8. The predicted octanol–water partition coefficient (Wildman–Crippen LogP) is 7.31. The minimum Gasteiger partial charge on any atom is -0.507 e. The highest BCUT2D eigenvalue weighted by atomic mass is 31.2. The summed E-state index contributed by atoms with van der Waals surface area (Å²) in [6.07, 6.45) is 3.90. The fraction of sp³-hybridized carbons (Fsp3) is 0.739. The van der Waals surface area contributed by atoms with E-state index >= 15 is 0 Å². The highest BCUT2D eigenvalue weighted by Crippen LogP contribution is 2.53. The van der Waals surface area contributed by atoms with Crippen LogP contribution in [0.15, 0.2) is 12.1 Å². The largest absolute Gasteiger partial charge is 0.507 e. The Morgan fingerprint density at radius 1 is 0.821 bits per heavy atom. The van der Waals surface area contributed by atoms with Crippen LogP contribution in [0, 0.1) is 0 Å². The molecule has 0 radical (unpaired) electrons. The number of hydrogen-bond donors (Lipinski definition) is 1. The highest BCUT2D eigenvalue weighted by molar-refractivity contribution is 7.53. The lowest BCUT2D eigenvalue weighted by atomic mass is 9.71. The molecular formula is C23H41O4P. The summed E-state index contributed by atoms with van der Waals surface area (Å²) in [4.78, 5) is 0. The Kier molecular flexibility index (Phi) is 9.25.